The average molecular weight is 348 g/mol. The first-order valence-electron chi connectivity index (χ1n) is 9.35. The predicted molar refractivity (Wildman–Crippen MR) is 92.8 cm³/mol. The highest BCUT2D eigenvalue weighted by Gasteiger charge is 2.26. The number of aromatic nitrogens is 2. The van der Waals surface area contributed by atoms with Gasteiger partial charge >= 0.3 is 0 Å². The van der Waals surface area contributed by atoms with Crippen molar-refractivity contribution >= 4 is 11.8 Å². The van der Waals surface area contributed by atoms with Crippen molar-refractivity contribution in [3.8, 4) is 0 Å². The molecule has 2 aliphatic heterocycles. The van der Waals surface area contributed by atoms with Crippen molar-refractivity contribution in [2.75, 3.05) is 32.8 Å². The third-order valence-corrected chi connectivity index (χ3v) is 5.09. The molecule has 0 saturated carbocycles. The molecule has 0 unspecified atom stereocenters. The highest BCUT2D eigenvalue weighted by Crippen LogP contribution is 2.17. The van der Waals surface area contributed by atoms with Crippen molar-refractivity contribution in [2.45, 2.75) is 51.1 Å². The van der Waals surface area contributed by atoms with Crippen LogP contribution in [0.2, 0.25) is 0 Å². The fourth-order valence-corrected chi connectivity index (χ4v) is 3.67. The number of imidazole rings is 1. The Morgan fingerprint density at radius 1 is 1.32 bits per heavy atom. The van der Waals surface area contributed by atoms with Crippen LogP contribution < -0.4 is 0 Å². The molecule has 0 radical (unpaired) electrons. The van der Waals surface area contributed by atoms with Gasteiger partial charge in [-0.15, -0.1) is 0 Å². The van der Waals surface area contributed by atoms with Crippen molar-refractivity contribution in [3.05, 3.63) is 18.7 Å². The molecule has 0 bridgehead atoms. The van der Waals surface area contributed by atoms with Gasteiger partial charge in [-0.3, -0.25) is 9.59 Å². The maximum atomic E-state index is 12.8. The molecular weight excluding hydrogens is 320 g/mol. The summed E-state index contributed by atoms with van der Waals surface area (Å²) in [6.07, 6.45) is 10.1. The van der Waals surface area contributed by atoms with E-state index in [2.05, 4.69) is 4.98 Å². The van der Waals surface area contributed by atoms with Crippen LogP contribution >= 0.6 is 0 Å². The second-order valence-electron chi connectivity index (χ2n) is 6.82. The summed E-state index contributed by atoms with van der Waals surface area (Å²) in [7, 11) is 0. The third-order valence-electron chi connectivity index (χ3n) is 5.09. The van der Waals surface area contributed by atoms with Gasteiger partial charge in [-0.1, -0.05) is 0 Å². The molecule has 0 atom stereocenters. The first kappa shape index (κ1) is 17.9. The number of rotatable bonds is 8. The van der Waals surface area contributed by atoms with Crippen LogP contribution in [0, 0.1) is 0 Å². The Morgan fingerprint density at radius 3 is 2.84 bits per heavy atom. The first-order chi connectivity index (χ1) is 12.2. The summed E-state index contributed by atoms with van der Waals surface area (Å²) in [5.41, 5.74) is 0. The Hall–Kier alpha value is -1.89. The molecule has 7 nitrogen and oxygen atoms in total. The molecule has 1 aromatic rings. The number of carbonyl (C=O) groups excluding carboxylic acids is 2. The lowest BCUT2D eigenvalue weighted by Gasteiger charge is -2.35. The number of hydrogen-bond donors (Lipinski definition) is 0. The molecule has 0 spiro atoms. The average Bonchev–Trinajstić information content (AvgIpc) is 3.29. The lowest BCUT2D eigenvalue weighted by Crippen LogP contribution is -2.45. The fourth-order valence-electron chi connectivity index (χ4n) is 3.67. The van der Waals surface area contributed by atoms with Crippen LogP contribution in [0.5, 0.6) is 0 Å². The number of likely N-dealkylation sites (tertiary alicyclic amines) is 1. The van der Waals surface area contributed by atoms with Gasteiger partial charge in [-0.25, -0.2) is 4.98 Å². The second kappa shape index (κ2) is 8.99. The zero-order valence-electron chi connectivity index (χ0n) is 14.8. The minimum Gasteiger partial charge on any atom is -0.381 e. The van der Waals surface area contributed by atoms with E-state index < -0.39 is 0 Å². The molecule has 0 aliphatic carbocycles. The van der Waals surface area contributed by atoms with E-state index in [0.29, 0.717) is 19.4 Å². The van der Waals surface area contributed by atoms with E-state index in [0.717, 1.165) is 58.5 Å². The molecular formula is C18H28N4O3. The molecule has 138 valence electrons. The van der Waals surface area contributed by atoms with Crippen LogP contribution in [-0.4, -0.2) is 70.1 Å². The van der Waals surface area contributed by atoms with E-state index in [-0.39, 0.29) is 17.9 Å². The molecule has 1 aromatic heterocycles. The number of hydrogen-bond acceptors (Lipinski definition) is 4. The molecule has 0 aromatic carbocycles. The second-order valence-corrected chi connectivity index (χ2v) is 6.82. The summed E-state index contributed by atoms with van der Waals surface area (Å²) in [6.45, 7) is 4.44. The fraction of sp³-hybridized carbons (Fsp3) is 0.722. The van der Waals surface area contributed by atoms with Gasteiger partial charge in [-0.2, -0.15) is 0 Å². The van der Waals surface area contributed by atoms with E-state index in [4.69, 9.17) is 4.74 Å². The van der Waals surface area contributed by atoms with Crippen LogP contribution in [-0.2, 0) is 20.9 Å². The largest absolute Gasteiger partial charge is 0.381 e. The number of amides is 2. The third kappa shape index (κ3) is 5.04. The minimum atomic E-state index is 0.188. The summed E-state index contributed by atoms with van der Waals surface area (Å²) in [5, 5.41) is 0. The first-order valence-corrected chi connectivity index (χ1v) is 9.35. The van der Waals surface area contributed by atoms with Crippen LogP contribution in [0.25, 0.3) is 0 Å². The quantitative estimate of drug-likeness (QED) is 0.710. The summed E-state index contributed by atoms with van der Waals surface area (Å²) in [5.74, 6) is 0.442. The van der Waals surface area contributed by atoms with Gasteiger partial charge in [0.2, 0.25) is 11.8 Å². The monoisotopic (exact) mass is 348 g/mol. The smallest absolute Gasteiger partial charge is 0.224 e. The molecule has 7 heteroatoms. The Bertz CT molecular complexity index is 555. The van der Waals surface area contributed by atoms with Crippen molar-refractivity contribution in [2.24, 2.45) is 0 Å². The number of nitrogens with zero attached hydrogens (tertiary/aromatic N) is 4. The molecule has 2 saturated heterocycles. The minimum absolute atomic E-state index is 0.188. The molecule has 0 N–H and O–H groups in total. The van der Waals surface area contributed by atoms with Gasteiger partial charge in [0, 0.05) is 70.7 Å². The van der Waals surface area contributed by atoms with Gasteiger partial charge in [0.05, 0.1) is 6.33 Å². The Morgan fingerprint density at radius 2 is 2.16 bits per heavy atom. The topological polar surface area (TPSA) is 67.7 Å². The summed E-state index contributed by atoms with van der Waals surface area (Å²) >= 11 is 0. The SMILES string of the molecule is O=C1CCCN1CCCN(C(=O)CCn1ccnc1)C1CCOCC1. The Kier molecular flexibility index (Phi) is 6.44. The maximum absolute atomic E-state index is 12.8. The van der Waals surface area contributed by atoms with E-state index in [9.17, 15) is 9.59 Å². The van der Waals surface area contributed by atoms with E-state index in [1.807, 2.05) is 20.6 Å². The van der Waals surface area contributed by atoms with Crippen molar-refractivity contribution < 1.29 is 14.3 Å². The standard InChI is InChI=1S/C18H28N4O3/c23-17-3-1-8-21(17)9-2-10-22(16-5-13-25-14-6-16)18(24)4-11-20-12-7-19-15-20/h7,12,15-16H,1-6,8-11,13-14H2. The maximum Gasteiger partial charge on any atom is 0.224 e. The molecule has 3 heterocycles. The van der Waals surface area contributed by atoms with Crippen LogP contribution in [0.15, 0.2) is 18.7 Å². The highest BCUT2D eigenvalue weighted by atomic mass is 16.5. The van der Waals surface area contributed by atoms with Crippen molar-refractivity contribution in [1.82, 2.24) is 19.4 Å². The molecule has 2 aliphatic rings. The lowest BCUT2D eigenvalue weighted by molar-refractivity contribution is -0.135. The summed E-state index contributed by atoms with van der Waals surface area (Å²) in [6, 6.07) is 0.262. The van der Waals surface area contributed by atoms with E-state index in [1.165, 1.54) is 0 Å². The number of aryl methyl sites for hydroxylation is 1. The highest BCUT2D eigenvalue weighted by molar-refractivity contribution is 5.78. The van der Waals surface area contributed by atoms with Crippen molar-refractivity contribution in [1.29, 1.82) is 0 Å². The molecule has 2 amide bonds. The van der Waals surface area contributed by atoms with E-state index >= 15 is 0 Å². The number of carbonyl (C=O) groups is 2. The molecule has 3 rings (SSSR count). The van der Waals surface area contributed by atoms with E-state index in [1.54, 1.807) is 12.5 Å². The molecule has 25 heavy (non-hydrogen) atoms. The predicted octanol–water partition coefficient (Wildman–Crippen LogP) is 1.29. The van der Waals surface area contributed by atoms with Crippen molar-refractivity contribution in [3.63, 3.8) is 0 Å². The Labute approximate surface area is 148 Å². The van der Waals surface area contributed by atoms with Crippen LogP contribution in [0.3, 0.4) is 0 Å². The zero-order valence-corrected chi connectivity index (χ0v) is 14.8. The van der Waals surface area contributed by atoms with Crippen LogP contribution in [0.1, 0.15) is 38.5 Å². The summed E-state index contributed by atoms with van der Waals surface area (Å²) in [4.78, 5) is 32.5. The normalized spacial score (nSPS) is 18.7. The van der Waals surface area contributed by atoms with Gasteiger partial charge < -0.3 is 19.1 Å². The van der Waals surface area contributed by atoms with Crippen LogP contribution in [0.4, 0.5) is 0 Å². The van der Waals surface area contributed by atoms with Gasteiger partial charge in [-0.05, 0) is 25.7 Å². The lowest BCUT2D eigenvalue weighted by atomic mass is 10.1. The summed E-state index contributed by atoms with van der Waals surface area (Å²) < 4.78 is 7.38. The van der Waals surface area contributed by atoms with Gasteiger partial charge in [0.1, 0.15) is 0 Å². The zero-order chi connectivity index (χ0) is 17.5. The Balaban J connectivity index is 1.52. The van der Waals surface area contributed by atoms with Gasteiger partial charge in [0.25, 0.3) is 0 Å². The number of ether oxygens (including phenoxy) is 1. The van der Waals surface area contributed by atoms with Gasteiger partial charge in [0.15, 0.2) is 0 Å². The molecule has 2 fully saturated rings.